The van der Waals surface area contributed by atoms with Crippen molar-refractivity contribution in [2.75, 3.05) is 12.3 Å². The average Bonchev–Trinajstić information content (AvgIpc) is 3.38. The van der Waals surface area contributed by atoms with Crippen molar-refractivity contribution in [2.45, 2.75) is 44.9 Å². The monoisotopic (exact) mass is 359 g/mol. The lowest BCUT2D eigenvalue weighted by Gasteiger charge is -2.27. The van der Waals surface area contributed by atoms with Crippen molar-refractivity contribution < 1.29 is 9.90 Å². The van der Waals surface area contributed by atoms with Crippen molar-refractivity contribution in [2.24, 2.45) is 5.92 Å². The predicted molar refractivity (Wildman–Crippen MR) is 90.7 cm³/mol. The Bertz CT molecular complexity index is 886. The Morgan fingerprint density at radius 1 is 1.38 bits per heavy atom. The molecule has 0 radical (unpaired) electrons. The number of aryl methyl sites for hydroxylation is 1. The molecule has 0 unspecified atom stereocenters. The van der Waals surface area contributed by atoms with Crippen LogP contribution in [0.15, 0.2) is 10.9 Å². The number of aromatic nitrogens is 5. The van der Waals surface area contributed by atoms with Gasteiger partial charge in [0, 0.05) is 19.4 Å². The van der Waals surface area contributed by atoms with Crippen LogP contribution in [0.5, 0.6) is 0 Å². The van der Waals surface area contributed by atoms with Crippen LogP contribution < -0.4 is 11.3 Å². The van der Waals surface area contributed by atoms with E-state index in [-0.39, 0.29) is 30.4 Å². The van der Waals surface area contributed by atoms with Crippen molar-refractivity contribution in [1.29, 1.82) is 0 Å². The van der Waals surface area contributed by atoms with E-state index in [0.717, 1.165) is 18.5 Å². The van der Waals surface area contributed by atoms with Gasteiger partial charge in [0.05, 0.1) is 24.5 Å². The number of nitrogens with two attached hydrogens (primary N) is 1. The molecule has 0 aromatic carbocycles. The van der Waals surface area contributed by atoms with Crippen LogP contribution in [0.3, 0.4) is 0 Å². The van der Waals surface area contributed by atoms with E-state index in [1.807, 2.05) is 10.7 Å². The standard InChI is InChI=1S/C16H21N7O3/c17-16-18-15(26)11(19-20-16)3-4-13(24)22-5-6-23-10(8-22)7-12(21-23)14(25)9-1-2-9/h7,9,14,25H,1-6,8H2,(H3,17,18,20,26)/t14-/m1/s1. The minimum atomic E-state index is -0.506. The fourth-order valence-corrected chi connectivity index (χ4v) is 3.22. The zero-order chi connectivity index (χ0) is 18.3. The van der Waals surface area contributed by atoms with Crippen LogP contribution in [0.4, 0.5) is 5.95 Å². The Morgan fingerprint density at radius 3 is 2.92 bits per heavy atom. The van der Waals surface area contributed by atoms with E-state index < -0.39 is 11.7 Å². The number of carbonyl (C=O) groups is 1. The fraction of sp³-hybridized carbons (Fsp3) is 0.562. The number of rotatable bonds is 5. The van der Waals surface area contributed by atoms with Gasteiger partial charge >= 0.3 is 0 Å². The minimum absolute atomic E-state index is 0.0430. The van der Waals surface area contributed by atoms with Gasteiger partial charge in [0.2, 0.25) is 11.9 Å². The molecule has 138 valence electrons. The lowest BCUT2D eigenvalue weighted by Crippen LogP contribution is -2.38. The quantitative estimate of drug-likeness (QED) is 0.644. The second-order valence-electron chi connectivity index (χ2n) is 6.87. The Hall–Kier alpha value is -2.75. The summed E-state index contributed by atoms with van der Waals surface area (Å²) in [7, 11) is 0. The molecule has 0 saturated heterocycles. The van der Waals surface area contributed by atoms with Gasteiger partial charge in [0.25, 0.3) is 5.56 Å². The minimum Gasteiger partial charge on any atom is -0.386 e. The largest absolute Gasteiger partial charge is 0.386 e. The van der Waals surface area contributed by atoms with Gasteiger partial charge in [-0.15, -0.1) is 10.2 Å². The van der Waals surface area contributed by atoms with Crippen LogP contribution in [0.1, 0.15) is 42.4 Å². The molecule has 1 aliphatic heterocycles. The molecule has 2 aromatic heterocycles. The van der Waals surface area contributed by atoms with Gasteiger partial charge in [0.1, 0.15) is 11.8 Å². The van der Waals surface area contributed by atoms with E-state index in [0.29, 0.717) is 31.2 Å². The number of hydrogen-bond acceptors (Lipinski definition) is 7. The Morgan fingerprint density at radius 2 is 2.19 bits per heavy atom. The Kier molecular flexibility index (Phi) is 4.19. The molecule has 10 heteroatoms. The van der Waals surface area contributed by atoms with Gasteiger partial charge < -0.3 is 15.7 Å². The highest BCUT2D eigenvalue weighted by Gasteiger charge is 2.33. The molecule has 1 aliphatic carbocycles. The molecule has 1 atom stereocenters. The van der Waals surface area contributed by atoms with E-state index in [9.17, 15) is 14.7 Å². The molecule has 2 aliphatic rings. The molecule has 1 amide bonds. The number of aromatic amines is 1. The topological polar surface area (TPSA) is 143 Å². The van der Waals surface area contributed by atoms with Crippen LogP contribution in [0.2, 0.25) is 0 Å². The summed E-state index contributed by atoms with van der Waals surface area (Å²) >= 11 is 0. The SMILES string of the molecule is Nc1nnc(CCC(=O)N2CCn3nc([C@H](O)C4CC4)cc3C2)c(=O)[nH]1. The van der Waals surface area contributed by atoms with Gasteiger partial charge in [-0.25, -0.2) is 0 Å². The summed E-state index contributed by atoms with van der Waals surface area (Å²) in [6.45, 7) is 1.60. The van der Waals surface area contributed by atoms with E-state index in [4.69, 9.17) is 5.73 Å². The highest BCUT2D eigenvalue weighted by Crippen LogP contribution is 2.40. The number of H-pyrrole nitrogens is 1. The number of nitrogens with zero attached hydrogens (tertiary/aromatic N) is 5. The molecule has 0 spiro atoms. The van der Waals surface area contributed by atoms with E-state index in [1.54, 1.807) is 4.90 Å². The number of nitrogen functional groups attached to an aromatic ring is 1. The van der Waals surface area contributed by atoms with Gasteiger partial charge in [-0.1, -0.05) is 0 Å². The molecule has 3 heterocycles. The summed E-state index contributed by atoms with van der Waals surface area (Å²) in [6.07, 6.45) is 1.96. The van der Waals surface area contributed by atoms with Crippen molar-refractivity contribution in [3.63, 3.8) is 0 Å². The molecule has 0 bridgehead atoms. The van der Waals surface area contributed by atoms with Crippen LogP contribution in [-0.2, 0) is 24.3 Å². The first-order valence-corrected chi connectivity index (χ1v) is 8.75. The number of anilines is 1. The molecule has 26 heavy (non-hydrogen) atoms. The highest BCUT2D eigenvalue weighted by atomic mass is 16.3. The Balaban J connectivity index is 1.38. The lowest BCUT2D eigenvalue weighted by molar-refractivity contribution is -0.132. The van der Waals surface area contributed by atoms with E-state index >= 15 is 0 Å². The van der Waals surface area contributed by atoms with E-state index in [2.05, 4.69) is 20.3 Å². The predicted octanol–water partition coefficient (Wildman–Crippen LogP) is -0.638. The summed E-state index contributed by atoms with van der Waals surface area (Å²) < 4.78 is 1.86. The highest BCUT2D eigenvalue weighted by molar-refractivity contribution is 5.76. The van der Waals surface area contributed by atoms with Crippen LogP contribution in [0.25, 0.3) is 0 Å². The first-order chi connectivity index (χ1) is 12.5. The maximum atomic E-state index is 12.5. The van der Waals surface area contributed by atoms with Gasteiger partial charge in [-0.3, -0.25) is 19.3 Å². The molecule has 1 saturated carbocycles. The normalized spacial score (nSPS) is 17.8. The second-order valence-corrected chi connectivity index (χ2v) is 6.87. The number of aliphatic hydroxyl groups excluding tert-OH is 1. The number of aliphatic hydroxyl groups is 1. The zero-order valence-electron chi connectivity index (χ0n) is 14.3. The molecule has 2 aromatic rings. The molecule has 1 fully saturated rings. The van der Waals surface area contributed by atoms with Crippen LogP contribution in [0, 0.1) is 5.92 Å². The third-order valence-corrected chi connectivity index (χ3v) is 4.90. The summed E-state index contributed by atoms with van der Waals surface area (Å²) in [4.78, 5) is 28.3. The van der Waals surface area contributed by atoms with Crippen molar-refractivity contribution in [3.05, 3.63) is 33.5 Å². The third-order valence-electron chi connectivity index (χ3n) is 4.90. The average molecular weight is 359 g/mol. The third kappa shape index (κ3) is 3.32. The lowest BCUT2D eigenvalue weighted by atomic mass is 10.1. The van der Waals surface area contributed by atoms with Crippen LogP contribution in [-0.4, -0.2) is 47.4 Å². The summed E-state index contributed by atoms with van der Waals surface area (Å²) in [5.41, 5.74) is 6.76. The number of nitrogens with one attached hydrogen (secondary N) is 1. The molecule has 10 nitrogen and oxygen atoms in total. The summed E-state index contributed by atoms with van der Waals surface area (Å²) in [6, 6.07) is 1.89. The van der Waals surface area contributed by atoms with E-state index in [1.165, 1.54) is 0 Å². The number of amides is 1. The smallest absolute Gasteiger partial charge is 0.274 e. The molecular formula is C16H21N7O3. The van der Waals surface area contributed by atoms with Crippen molar-refractivity contribution >= 4 is 11.9 Å². The second kappa shape index (κ2) is 6.52. The Labute approximate surface area is 149 Å². The first-order valence-electron chi connectivity index (χ1n) is 8.75. The van der Waals surface area contributed by atoms with Crippen molar-refractivity contribution in [3.8, 4) is 0 Å². The zero-order valence-corrected chi connectivity index (χ0v) is 14.3. The number of hydrogen-bond donors (Lipinski definition) is 3. The number of carbonyl (C=O) groups excluding carboxylic acids is 1. The summed E-state index contributed by atoms with van der Waals surface area (Å²) in [5, 5.41) is 22.1. The van der Waals surface area contributed by atoms with Crippen LogP contribution >= 0.6 is 0 Å². The van der Waals surface area contributed by atoms with Crippen molar-refractivity contribution in [1.82, 2.24) is 29.9 Å². The van der Waals surface area contributed by atoms with Gasteiger partial charge in [0.15, 0.2) is 0 Å². The maximum Gasteiger partial charge on any atom is 0.274 e. The van der Waals surface area contributed by atoms with Gasteiger partial charge in [-0.2, -0.15) is 5.10 Å². The molecular weight excluding hydrogens is 338 g/mol. The number of fused-ring (bicyclic) bond motifs is 1. The van der Waals surface area contributed by atoms with Gasteiger partial charge in [-0.05, 0) is 24.8 Å². The molecule has 4 N–H and O–H groups in total. The summed E-state index contributed by atoms with van der Waals surface area (Å²) in [5.74, 6) is 0.224. The fourth-order valence-electron chi connectivity index (χ4n) is 3.22. The molecule has 4 rings (SSSR count). The first kappa shape index (κ1) is 16.7. The maximum absolute atomic E-state index is 12.5.